The molecular weight excluding hydrogens is 272 g/mol. The quantitative estimate of drug-likeness (QED) is 0.530. The largest absolute Gasteiger partial charge is 0.320 e. The Morgan fingerprint density at radius 2 is 2.24 bits per heavy atom. The summed E-state index contributed by atoms with van der Waals surface area (Å²) >= 11 is 0. The number of nitrogens with one attached hydrogen (secondary N) is 1. The first-order valence-electron chi connectivity index (χ1n) is 6.19. The van der Waals surface area contributed by atoms with Gasteiger partial charge in [0.05, 0.1) is 16.3 Å². The number of nitro groups is 1. The Morgan fingerprint density at radius 1 is 1.48 bits per heavy atom. The normalized spacial score (nSPS) is 10.8. The van der Waals surface area contributed by atoms with Crippen LogP contribution in [0.3, 0.4) is 0 Å². The minimum Gasteiger partial charge on any atom is -0.320 e. The molecule has 7 nitrogen and oxygen atoms in total. The van der Waals surface area contributed by atoms with Crippen molar-refractivity contribution >= 4 is 23.4 Å². The number of hydrogen-bond donors (Lipinski definition) is 1. The standard InChI is InChI=1S/C14H14N4O3/c1-10-13(9-17(2)16-10)15-14(19)7-6-11-4-3-5-12(8-11)18(20)21/h3-9H,1-2H3,(H,15,19)/b7-6+. The van der Waals surface area contributed by atoms with E-state index in [-0.39, 0.29) is 11.6 Å². The lowest BCUT2D eigenvalue weighted by Crippen LogP contribution is -2.07. The number of nitrogens with zero attached hydrogens (tertiary/aromatic N) is 3. The number of anilines is 1. The summed E-state index contributed by atoms with van der Waals surface area (Å²) in [6.07, 6.45) is 4.55. The summed E-state index contributed by atoms with van der Waals surface area (Å²) < 4.78 is 1.61. The summed E-state index contributed by atoms with van der Waals surface area (Å²) in [5, 5.41) is 17.5. The minimum absolute atomic E-state index is 0.0133. The first-order valence-corrected chi connectivity index (χ1v) is 6.19. The SMILES string of the molecule is Cc1nn(C)cc1NC(=O)/C=C/c1cccc([N+](=O)[O-])c1. The van der Waals surface area contributed by atoms with E-state index in [1.165, 1.54) is 24.3 Å². The number of non-ortho nitro benzene ring substituents is 1. The number of aryl methyl sites for hydroxylation is 2. The first kappa shape index (κ1) is 14.4. The lowest BCUT2D eigenvalue weighted by atomic mass is 10.2. The molecule has 1 heterocycles. The minimum atomic E-state index is -0.476. The van der Waals surface area contributed by atoms with Gasteiger partial charge in [-0.15, -0.1) is 0 Å². The molecule has 1 aromatic carbocycles. The van der Waals surface area contributed by atoms with Crippen LogP contribution in [0.5, 0.6) is 0 Å². The van der Waals surface area contributed by atoms with Crippen molar-refractivity contribution in [3.05, 3.63) is 57.9 Å². The third-order valence-electron chi connectivity index (χ3n) is 2.78. The molecule has 0 aliphatic carbocycles. The second-order valence-electron chi connectivity index (χ2n) is 4.48. The van der Waals surface area contributed by atoms with Gasteiger partial charge in [0.1, 0.15) is 0 Å². The van der Waals surface area contributed by atoms with Crippen molar-refractivity contribution in [1.82, 2.24) is 9.78 Å². The zero-order valence-corrected chi connectivity index (χ0v) is 11.6. The van der Waals surface area contributed by atoms with Crippen LogP contribution in [-0.2, 0) is 11.8 Å². The van der Waals surface area contributed by atoms with E-state index in [2.05, 4.69) is 10.4 Å². The van der Waals surface area contributed by atoms with Crippen molar-refractivity contribution in [3.63, 3.8) is 0 Å². The fourth-order valence-corrected chi connectivity index (χ4v) is 1.81. The molecule has 0 atom stereocenters. The van der Waals surface area contributed by atoms with Gasteiger partial charge in [-0.2, -0.15) is 5.10 Å². The molecule has 108 valence electrons. The predicted molar refractivity (Wildman–Crippen MR) is 78.7 cm³/mol. The topological polar surface area (TPSA) is 90.1 Å². The van der Waals surface area contributed by atoms with Gasteiger partial charge in [-0.05, 0) is 18.6 Å². The van der Waals surface area contributed by atoms with Gasteiger partial charge in [-0.25, -0.2) is 0 Å². The van der Waals surface area contributed by atoms with Gasteiger partial charge in [0.15, 0.2) is 0 Å². The Bertz CT molecular complexity index is 719. The van der Waals surface area contributed by atoms with Crippen LogP contribution >= 0.6 is 0 Å². The highest BCUT2D eigenvalue weighted by molar-refractivity contribution is 6.02. The number of carbonyl (C=O) groups excluding carboxylic acids is 1. The second kappa shape index (κ2) is 6.00. The van der Waals surface area contributed by atoms with Crippen LogP contribution in [0.2, 0.25) is 0 Å². The third-order valence-corrected chi connectivity index (χ3v) is 2.78. The molecule has 0 saturated carbocycles. The zero-order valence-electron chi connectivity index (χ0n) is 11.6. The highest BCUT2D eigenvalue weighted by atomic mass is 16.6. The van der Waals surface area contributed by atoms with Crippen LogP contribution < -0.4 is 5.32 Å². The van der Waals surface area contributed by atoms with Crippen molar-refractivity contribution in [3.8, 4) is 0 Å². The van der Waals surface area contributed by atoms with Gasteiger partial charge in [0.2, 0.25) is 5.91 Å². The fraction of sp³-hybridized carbons (Fsp3) is 0.143. The Morgan fingerprint density at radius 3 is 2.86 bits per heavy atom. The molecule has 7 heteroatoms. The molecular formula is C14H14N4O3. The second-order valence-corrected chi connectivity index (χ2v) is 4.48. The van der Waals surface area contributed by atoms with Crippen LogP contribution in [0.25, 0.3) is 6.08 Å². The molecule has 0 saturated heterocycles. The molecule has 2 rings (SSSR count). The van der Waals surface area contributed by atoms with Gasteiger partial charge in [0, 0.05) is 31.5 Å². The predicted octanol–water partition coefficient (Wildman–Crippen LogP) is 2.29. The number of aromatic nitrogens is 2. The third kappa shape index (κ3) is 3.75. The van der Waals surface area contributed by atoms with Gasteiger partial charge in [-0.1, -0.05) is 12.1 Å². The van der Waals surface area contributed by atoms with Gasteiger partial charge < -0.3 is 5.32 Å². The number of nitro benzene ring substituents is 1. The Labute approximate surface area is 121 Å². The Balaban J connectivity index is 2.07. The Kier molecular flexibility index (Phi) is 4.13. The van der Waals surface area contributed by atoms with E-state index < -0.39 is 4.92 Å². The van der Waals surface area contributed by atoms with E-state index in [1.807, 2.05) is 0 Å². The Hall–Kier alpha value is -2.96. The lowest BCUT2D eigenvalue weighted by molar-refractivity contribution is -0.384. The summed E-state index contributed by atoms with van der Waals surface area (Å²) in [7, 11) is 1.77. The van der Waals surface area contributed by atoms with E-state index in [9.17, 15) is 14.9 Å². The number of carbonyl (C=O) groups is 1. The van der Waals surface area contributed by atoms with Gasteiger partial charge in [-0.3, -0.25) is 19.6 Å². The van der Waals surface area contributed by atoms with Crippen molar-refractivity contribution in [2.75, 3.05) is 5.32 Å². The molecule has 0 fully saturated rings. The van der Waals surface area contributed by atoms with Crippen LogP contribution in [0.15, 0.2) is 36.5 Å². The van der Waals surface area contributed by atoms with Gasteiger partial charge >= 0.3 is 0 Å². The highest BCUT2D eigenvalue weighted by Crippen LogP contribution is 2.15. The lowest BCUT2D eigenvalue weighted by Gasteiger charge is -1.99. The van der Waals surface area contributed by atoms with E-state index in [4.69, 9.17) is 0 Å². The van der Waals surface area contributed by atoms with E-state index in [0.717, 1.165) is 5.69 Å². The summed E-state index contributed by atoms with van der Waals surface area (Å²) in [5.74, 6) is -0.322. The number of hydrogen-bond acceptors (Lipinski definition) is 4. The summed E-state index contributed by atoms with van der Waals surface area (Å²) in [6.45, 7) is 1.79. The van der Waals surface area contributed by atoms with Crippen molar-refractivity contribution < 1.29 is 9.72 Å². The molecule has 0 unspecified atom stereocenters. The zero-order chi connectivity index (χ0) is 15.4. The number of rotatable bonds is 4. The number of amides is 1. The van der Waals surface area contributed by atoms with E-state index >= 15 is 0 Å². The highest BCUT2D eigenvalue weighted by Gasteiger charge is 2.06. The smallest absolute Gasteiger partial charge is 0.270 e. The van der Waals surface area contributed by atoms with Crippen LogP contribution in [-0.4, -0.2) is 20.6 Å². The first-order chi connectivity index (χ1) is 9.95. The molecule has 0 spiro atoms. The molecule has 21 heavy (non-hydrogen) atoms. The van der Waals surface area contributed by atoms with Crippen molar-refractivity contribution in [2.45, 2.75) is 6.92 Å². The molecule has 0 aliphatic heterocycles. The van der Waals surface area contributed by atoms with Crippen LogP contribution in [0, 0.1) is 17.0 Å². The number of benzene rings is 1. The maximum Gasteiger partial charge on any atom is 0.270 e. The average Bonchev–Trinajstić information content (AvgIpc) is 2.75. The summed E-state index contributed by atoms with van der Waals surface area (Å²) in [4.78, 5) is 22.0. The van der Waals surface area contributed by atoms with Crippen LogP contribution in [0.4, 0.5) is 11.4 Å². The van der Waals surface area contributed by atoms with Gasteiger partial charge in [0.25, 0.3) is 5.69 Å². The molecule has 2 aromatic rings. The van der Waals surface area contributed by atoms with Crippen molar-refractivity contribution in [2.24, 2.45) is 7.05 Å². The van der Waals surface area contributed by atoms with Crippen molar-refractivity contribution in [1.29, 1.82) is 0 Å². The van der Waals surface area contributed by atoms with E-state index in [1.54, 1.807) is 37.0 Å². The monoisotopic (exact) mass is 286 g/mol. The maximum absolute atomic E-state index is 11.8. The molecule has 0 radical (unpaired) electrons. The summed E-state index contributed by atoms with van der Waals surface area (Å²) in [5.41, 5.74) is 1.92. The molecule has 1 aromatic heterocycles. The molecule has 1 N–H and O–H groups in total. The average molecular weight is 286 g/mol. The fourth-order valence-electron chi connectivity index (χ4n) is 1.81. The summed E-state index contributed by atoms with van der Waals surface area (Å²) in [6, 6.07) is 6.06. The maximum atomic E-state index is 11.8. The molecule has 0 bridgehead atoms. The van der Waals surface area contributed by atoms with E-state index in [0.29, 0.717) is 11.3 Å². The molecule has 1 amide bonds. The molecule has 0 aliphatic rings. The van der Waals surface area contributed by atoms with Crippen LogP contribution in [0.1, 0.15) is 11.3 Å².